The first-order chi connectivity index (χ1) is 14.1. The Morgan fingerprint density at radius 2 is 2.10 bits per heavy atom. The standard InChI is InChI=1S/C19H18BrF3N4O3/c1-18(19(22,23)9-30-8-15(24)27-18)12-6-11(3-4-13(12)21)26-17(28)16-14(29-2)5-10(20)7-25-16/h3-7H,8-9H2,1-2H3,(H2,24,27)(H,26,28). The van der Waals surface area contributed by atoms with E-state index in [1.807, 2.05) is 0 Å². The lowest BCUT2D eigenvalue weighted by Crippen LogP contribution is -2.45. The molecule has 7 nitrogen and oxygen atoms in total. The molecule has 0 spiro atoms. The molecule has 3 N–H and O–H groups in total. The number of nitrogens with one attached hydrogen (secondary N) is 1. The van der Waals surface area contributed by atoms with Gasteiger partial charge in [0.2, 0.25) is 0 Å². The number of amidine groups is 1. The number of carbonyl (C=O) groups excluding carboxylic acids is 1. The average Bonchev–Trinajstić information content (AvgIpc) is 2.78. The molecule has 11 heteroatoms. The molecule has 2 heterocycles. The third kappa shape index (κ3) is 4.12. The fourth-order valence-electron chi connectivity index (χ4n) is 3.00. The van der Waals surface area contributed by atoms with Crippen LogP contribution in [0, 0.1) is 5.82 Å². The molecular formula is C19H18BrF3N4O3. The molecule has 0 radical (unpaired) electrons. The summed E-state index contributed by atoms with van der Waals surface area (Å²) in [6.07, 6.45) is 1.40. The molecule has 0 saturated carbocycles. The second-order valence-electron chi connectivity index (χ2n) is 6.73. The molecule has 1 aliphatic rings. The van der Waals surface area contributed by atoms with Gasteiger partial charge >= 0.3 is 0 Å². The molecule has 160 valence electrons. The summed E-state index contributed by atoms with van der Waals surface area (Å²) in [4.78, 5) is 20.5. The van der Waals surface area contributed by atoms with Crippen molar-refractivity contribution >= 4 is 33.4 Å². The average molecular weight is 487 g/mol. The van der Waals surface area contributed by atoms with Crippen LogP contribution in [0.3, 0.4) is 0 Å². The van der Waals surface area contributed by atoms with Gasteiger partial charge in [0.15, 0.2) is 17.0 Å². The van der Waals surface area contributed by atoms with Crippen molar-refractivity contribution in [2.75, 3.05) is 25.6 Å². The van der Waals surface area contributed by atoms with Crippen LogP contribution in [0.25, 0.3) is 0 Å². The molecule has 1 aliphatic heterocycles. The van der Waals surface area contributed by atoms with Gasteiger partial charge in [-0.1, -0.05) is 0 Å². The Labute approximate surface area is 178 Å². The zero-order valence-electron chi connectivity index (χ0n) is 16.0. The van der Waals surface area contributed by atoms with E-state index in [1.165, 1.54) is 19.4 Å². The van der Waals surface area contributed by atoms with Crippen molar-refractivity contribution in [2.24, 2.45) is 10.7 Å². The van der Waals surface area contributed by atoms with Gasteiger partial charge in [-0.25, -0.2) is 18.2 Å². The Balaban J connectivity index is 2.00. The minimum Gasteiger partial charge on any atom is -0.494 e. The summed E-state index contributed by atoms with van der Waals surface area (Å²) in [6.45, 7) is -0.208. The van der Waals surface area contributed by atoms with Crippen molar-refractivity contribution in [2.45, 2.75) is 18.4 Å². The van der Waals surface area contributed by atoms with Crippen molar-refractivity contribution in [3.63, 3.8) is 0 Å². The number of aliphatic imine (C=N–C) groups is 1. The first kappa shape index (κ1) is 22.0. The maximum Gasteiger partial charge on any atom is 0.299 e. The summed E-state index contributed by atoms with van der Waals surface area (Å²) >= 11 is 3.22. The number of benzene rings is 1. The van der Waals surface area contributed by atoms with Crippen LogP contribution >= 0.6 is 15.9 Å². The SMILES string of the molecule is COc1cc(Br)cnc1C(=O)Nc1ccc(F)c(C2(C)N=C(N)COCC2(F)F)c1. The number of methoxy groups -OCH3 is 1. The first-order valence-electron chi connectivity index (χ1n) is 8.68. The van der Waals surface area contributed by atoms with E-state index in [1.54, 1.807) is 6.07 Å². The van der Waals surface area contributed by atoms with Crippen molar-refractivity contribution in [1.82, 2.24) is 4.98 Å². The van der Waals surface area contributed by atoms with E-state index in [-0.39, 0.29) is 29.6 Å². The third-order valence-electron chi connectivity index (χ3n) is 4.62. The van der Waals surface area contributed by atoms with Gasteiger partial charge in [-0.05, 0) is 47.1 Å². The van der Waals surface area contributed by atoms with E-state index in [9.17, 15) is 18.0 Å². The van der Waals surface area contributed by atoms with E-state index < -0.39 is 35.4 Å². The number of hydrogen-bond acceptors (Lipinski definition) is 6. The number of nitrogens with two attached hydrogens (primary N) is 1. The van der Waals surface area contributed by atoms with E-state index >= 15 is 0 Å². The predicted molar refractivity (Wildman–Crippen MR) is 108 cm³/mol. The molecule has 1 atom stereocenters. The normalized spacial score (nSPS) is 20.8. The van der Waals surface area contributed by atoms with Crippen LogP contribution in [-0.2, 0) is 10.3 Å². The Morgan fingerprint density at radius 1 is 1.37 bits per heavy atom. The van der Waals surface area contributed by atoms with Crippen molar-refractivity contribution in [3.05, 3.63) is 52.0 Å². The van der Waals surface area contributed by atoms with E-state index in [0.717, 1.165) is 19.1 Å². The first-order valence-corrected chi connectivity index (χ1v) is 9.47. The third-order valence-corrected chi connectivity index (χ3v) is 5.05. The number of hydrogen-bond donors (Lipinski definition) is 2. The summed E-state index contributed by atoms with van der Waals surface area (Å²) in [5, 5.41) is 2.51. The van der Waals surface area contributed by atoms with Gasteiger partial charge in [-0.2, -0.15) is 0 Å². The number of carbonyl (C=O) groups is 1. The highest BCUT2D eigenvalue weighted by Crippen LogP contribution is 2.44. The minimum atomic E-state index is -3.55. The number of rotatable bonds is 4. The van der Waals surface area contributed by atoms with Gasteiger partial charge in [0.25, 0.3) is 11.8 Å². The highest BCUT2D eigenvalue weighted by molar-refractivity contribution is 9.10. The Morgan fingerprint density at radius 3 is 2.80 bits per heavy atom. The maximum atomic E-state index is 14.8. The summed E-state index contributed by atoms with van der Waals surface area (Å²) in [5.74, 6) is -5.13. The summed E-state index contributed by atoms with van der Waals surface area (Å²) in [7, 11) is 1.37. The molecule has 2 aromatic rings. The van der Waals surface area contributed by atoms with E-state index in [0.29, 0.717) is 4.47 Å². The lowest BCUT2D eigenvalue weighted by atomic mass is 9.85. The van der Waals surface area contributed by atoms with Crippen molar-refractivity contribution < 1.29 is 27.4 Å². The van der Waals surface area contributed by atoms with Crippen LogP contribution in [0.1, 0.15) is 23.0 Å². The van der Waals surface area contributed by atoms with Gasteiger partial charge in [-0.3, -0.25) is 9.79 Å². The van der Waals surface area contributed by atoms with Crippen LogP contribution in [0.5, 0.6) is 5.75 Å². The topological polar surface area (TPSA) is 98.8 Å². The molecule has 0 fully saturated rings. The summed E-state index contributed by atoms with van der Waals surface area (Å²) < 4.78 is 54.7. The van der Waals surface area contributed by atoms with E-state index in [2.05, 4.69) is 31.2 Å². The van der Waals surface area contributed by atoms with Crippen LogP contribution in [-0.4, -0.2) is 43.0 Å². The lowest BCUT2D eigenvalue weighted by molar-refractivity contribution is -0.116. The molecule has 0 aliphatic carbocycles. The number of aromatic nitrogens is 1. The zero-order valence-corrected chi connectivity index (χ0v) is 17.6. The molecule has 1 aromatic carbocycles. The highest BCUT2D eigenvalue weighted by atomic mass is 79.9. The molecule has 1 amide bonds. The second-order valence-corrected chi connectivity index (χ2v) is 7.64. The lowest BCUT2D eigenvalue weighted by Gasteiger charge is -2.33. The largest absolute Gasteiger partial charge is 0.494 e. The van der Waals surface area contributed by atoms with Gasteiger partial charge in [0, 0.05) is 21.9 Å². The van der Waals surface area contributed by atoms with Crippen molar-refractivity contribution in [3.8, 4) is 5.75 Å². The van der Waals surface area contributed by atoms with Crippen LogP contribution in [0.15, 0.2) is 39.9 Å². The van der Waals surface area contributed by atoms with Gasteiger partial charge in [0.05, 0.1) is 7.11 Å². The molecule has 1 unspecified atom stereocenters. The fourth-order valence-corrected chi connectivity index (χ4v) is 3.31. The predicted octanol–water partition coefficient (Wildman–Crippen LogP) is 3.48. The van der Waals surface area contributed by atoms with Crippen LogP contribution in [0.2, 0.25) is 0 Å². The van der Waals surface area contributed by atoms with Crippen LogP contribution in [0.4, 0.5) is 18.9 Å². The molecule has 30 heavy (non-hydrogen) atoms. The molecule has 0 saturated heterocycles. The zero-order chi connectivity index (χ0) is 22.1. The minimum absolute atomic E-state index is 0.0340. The van der Waals surface area contributed by atoms with Crippen LogP contribution < -0.4 is 15.8 Å². The number of anilines is 1. The fraction of sp³-hybridized carbons (Fsp3) is 0.316. The number of pyridine rings is 1. The molecular weight excluding hydrogens is 469 g/mol. The van der Waals surface area contributed by atoms with E-state index in [4.69, 9.17) is 15.2 Å². The number of amides is 1. The number of halogens is 4. The van der Waals surface area contributed by atoms with Gasteiger partial charge in [-0.15, -0.1) is 0 Å². The molecule has 0 bridgehead atoms. The smallest absolute Gasteiger partial charge is 0.299 e. The summed E-state index contributed by atoms with van der Waals surface area (Å²) in [6, 6.07) is 4.84. The monoisotopic (exact) mass is 486 g/mol. The Hall–Kier alpha value is -2.66. The Bertz CT molecular complexity index is 1020. The van der Waals surface area contributed by atoms with Crippen molar-refractivity contribution in [1.29, 1.82) is 0 Å². The molecule has 1 aromatic heterocycles. The number of ether oxygens (including phenoxy) is 2. The van der Waals surface area contributed by atoms with Gasteiger partial charge in [0.1, 0.15) is 24.9 Å². The second kappa shape index (κ2) is 8.23. The maximum absolute atomic E-state index is 14.8. The molecule has 3 rings (SSSR count). The Kier molecular flexibility index (Phi) is 6.04. The summed E-state index contributed by atoms with van der Waals surface area (Å²) in [5.41, 5.74) is 2.90. The quantitative estimate of drug-likeness (QED) is 0.689. The highest BCUT2D eigenvalue weighted by Gasteiger charge is 2.54. The number of alkyl halides is 2. The van der Waals surface area contributed by atoms with Gasteiger partial charge < -0.3 is 20.5 Å². The number of nitrogens with zero attached hydrogens (tertiary/aromatic N) is 2.